The maximum atomic E-state index is 12.5. The van der Waals surface area contributed by atoms with Crippen molar-refractivity contribution in [3.8, 4) is 0 Å². The van der Waals surface area contributed by atoms with Crippen molar-refractivity contribution in [3.05, 3.63) is 35.9 Å². The topological polar surface area (TPSA) is 65.1 Å². The lowest BCUT2D eigenvalue weighted by Crippen LogP contribution is -2.48. The van der Waals surface area contributed by atoms with Gasteiger partial charge in [0.05, 0.1) is 0 Å². The van der Waals surface area contributed by atoms with Crippen LogP contribution in [-0.2, 0) is 25.6 Å². The van der Waals surface area contributed by atoms with Gasteiger partial charge in [0.1, 0.15) is 18.8 Å². The number of carbonyl (C=O) groups is 2. The Morgan fingerprint density at radius 1 is 1.16 bits per heavy atom. The van der Waals surface area contributed by atoms with Crippen LogP contribution in [0.25, 0.3) is 0 Å². The summed E-state index contributed by atoms with van der Waals surface area (Å²) in [6, 6.07) is 9.37. The van der Waals surface area contributed by atoms with Crippen LogP contribution >= 0.6 is 0 Å². The van der Waals surface area contributed by atoms with E-state index in [1.54, 1.807) is 20.8 Å². The molecule has 1 aliphatic heterocycles. The number of amides is 1. The van der Waals surface area contributed by atoms with Gasteiger partial charge in [0.2, 0.25) is 0 Å². The molecule has 1 aromatic carbocycles. The Hall–Kier alpha value is -2.08. The van der Waals surface area contributed by atoms with Crippen molar-refractivity contribution in [1.82, 2.24) is 4.90 Å². The molecule has 1 heterocycles. The molecule has 0 saturated carbocycles. The third-order valence-electron chi connectivity index (χ3n) is 3.80. The first-order valence-electron chi connectivity index (χ1n) is 8.62. The number of ether oxygens (including phenoxy) is 3. The van der Waals surface area contributed by atoms with Crippen LogP contribution in [0.15, 0.2) is 30.3 Å². The third kappa shape index (κ3) is 6.74. The Balaban J connectivity index is 1.96. The van der Waals surface area contributed by atoms with Crippen LogP contribution in [0.3, 0.4) is 0 Å². The van der Waals surface area contributed by atoms with E-state index in [1.807, 2.05) is 30.3 Å². The minimum absolute atomic E-state index is 0.0760. The van der Waals surface area contributed by atoms with E-state index in [0.717, 1.165) is 5.56 Å². The fourth-order valence-corrected chi connectivity index (χ4v) is 2.58. The Morgan fingerprint density at radius 3 is 2.40 bits per heavy atom. The number of rotatable bonds is 5. The van der Waals surface area contributed by atoms with Crippen LogP contribution in [-0.4, -0.2) is 48.4 Å². The average Bonchev–Trinajstić information content (AvgIpc) is 2.58. The van der Waals surface area contributed by atoms with E-state index >= 15 is 0 Å². The van der Waals surface area contributed by atoms with E-state index < -0.39 is 17.7 Å². The highest BCUT2D eigenvalue weighted by Gasteiger charge is 2.31. The second kappa shape index (κ2) is 8.85. The van der Waals surface area contributed by atoms with Gasteiger partial charge in [-0.25, -0.2) is 4.79 Å². The molecule has 0 aliphatic carbocycles. The smallest absolute Gasteiger partial charge is 0.411 e. The quantitative estimate of drug-likeness (QED) is 0.764. The summed E-state index contributed by atoms with van der Waals surface area (Å²) in [6.07, 6.45) is 0.882. The monoisotopic (exact) mass is 349 g/mol. The van der Waals surface area contributed by atoms with Crippen LogP contribution in [0.1, 0.15) is 39.2 Å². The Labute approximate surface area is 149 Å². The fraction of sp³-hybridized carbons (Fsp3) is 0.579. The highest BCUT2D eigenvalue weighted by molar-refractivity contribution is 5.78. The van der Waals surface area contributed by atoms with Crippen molar-refractivity contribution >= 4 is 12.1 Å². The Bertz CT molecular complexity index is 561. The highest BCUT2D eigenvalue weighted by atomic mass is 16.6. The van der Waals surface area contributed by atoms with E-state index in [-0.39, 0.29) is 19.2 Å². The molecule has 1 aromatic rings. The summed E-state index contributed by atoms with van der Waals surface area (Å²) in [7, 11) is 0. The number of esters is 1. The van der Waals surface area contributed by atoms with Crippen molar-refractivity contribution in [2.75, 3.05) is 19.8 Å². The van der Waals surface area contributed by atoms with Crippen LogP contribution in [0.2, 0.25) is 0 Å². The molecule has 6 heteroatoms. The van der Waals surface area contributed by atoms with Gasteiger partial charge in [-0.2, -0.15) is 0 Å². The van der Waals surface area contributed by atoms with Crippen molar-refractivity contribution in [2.45, 2.75) is 51.9 Å². The second-order valence-electron chi connectivity index (χ2n) is 7.10. The minimum Gasteiger partial charge on any atom is -0.459 e. The molecule has 0 unspecified atom stereocenters. The molecule has 25 heavy (non-hydrogen) atoms. The van der Waals surface area contributed by atoms with Gasteiger partial charge in [0.25, 0.3) is 0 Å². The average molecular weight is 349 g/mol. The largest absolute Gasteiger partial charge is 0.459 e. The summed E-state index contributed by atoms with van der Waals surface area (Å²) in [4.78, 5) is 26.2. The van der Waals surface area contributed by atoms with Crippen molar-refractivity contribution in [2.24, 2.45) is 0 Å². The maximum Gasteiger partial charge on any atom is 0.411 e. The van der Waals surface area contributed by atoms with Gasteiger partial charge in [-0.15, -0.1) is 0 Å². The standard InChI is InChI=1S/C19H27NO5/c1-19(2,3)25-18(22)20(16-9-11-23-12-10-16)13-17(21)24-14-15-7-5-4-6-8-15/h4-8,16H,9-14H2,1-3H3. The van der Waals surface area contributed by atoms with E-state index in [9.17, 15) is 9.59 Å². The summed E-state index contributed by atoms with van der Waals surface area (Å²) < 4.78 is 16.1. The number of hydrogen-bond donors (Lipinski definition) is 0. The first-order valence-corrected chi connectivity index (χ1v) is 8.62. The van der Waals surface area contributed by atoms with Gasteiger partial charge in [-0.05, 0) is 39.2 Å². The van der Waals surface area contributed by atoms with Crippen LogP contribution in [0.4, 0.5) is 4.79 Å². The summed E-state index contributed by atoms with van der Waals surface area (Å²) >= 11 is 0. The van der Waals surface area contributed by atoms with Crippen LogP contribution in [0, 0.1) is 0 Å². The van der Waals surface area contributed by atoms with E-state index in [4.69, 9.17) is 14.2 Å². The van der Waals surface area contributed by atoms with Crippen molar-refractivity contribution in [1.29, 1.82) is 0 Å². The van der Waals surface area contributed by atoms with E-state index in [1.165, 1.54) is 4.90 Å². The summed E-state index contributed by atoms with van der Waals surface area (Å²) in [5, 5.41) is 0. The molecule has 0 bridgehead atoms. The molecule has 138 valence electrons. The number of benzene rings is 1. The van der Waals surface area contributed by atoms with Gasteiger partial charge in [-0.3, -0.25) is 9.69 Å². The zero-order valence-corrected chi connectivity index (χ0v) is 15.2. The van der Waals surface area contributed by atoms with Gasteiger partial charge in [0, 0.05) is 19.3 Å². The lowest BCUT2D eigenvalue weighted by molar-refractivity contribution is -0.147. The summed E-state index contributed by atoms with van der Waals surface area (Å²) in [5.41, 5.74) is 0.291. The predicted molar refractivity (Wildman–Crippen MR) is 93.0 cm³/mol. The van der Waals surface area contributed by atoms with Gasteiger partial charge < -0.3 is 14.2 Å². The maximum absolute atomic E-state index is 12.5. The normalized spacial score (nSPS) is 15.5. The zero-order valence-electron chi connectivity index (χ0n) is 15.2. The Morgan fingerprint density at radius 2 is 1.80 bits per heavy atom. The molecule has 2 rings (SSSR count). The molecule has 0 aromatic heterocycles. The van der Waals surface area contributed by atoms with Gasteiger partial charge in [0.15, 0.2) is 0 Å². The zero-order chi connectivity index (χ0) is 18.3. The predicted octanol–water partition coefficient (Wildman–Crippen LogP) is 3.15. The molecule has 0 spiro atoms. The van der Waals surface area contributed by atoms with E-state index in [0.29, 0.717) is 26.1 Å². The summed E-state index contributed by atoms with van der Waals surface area (Å²) in [5.74, 6) is -0.443. The fourth-order valence-electron chi connectivity index (χ4n) is 2.58. The van der Waals surface area contributed by atoms with Crippen LogP contribution in [0.5, 0.6) is 0 Å². The summed E-state index contributed by atoms with van der Waals surface area (Å²) in [6.45, 7) is 6.64. The Kier molecular flexibility index (Phi) is 6.82. The molecule has 1 aliphatic rings. The molecule has 6 nitrogen and oxygen atoms in total. The minimum atomic E-state index is -0.617. The van der Waals surface area contributed by atoms with Crippen molar-refractivity contribution < 1.29 is 23.8 Å². The van der Waals surface area contributed by atoms with Gasteiger partial charge in [-0.1, -0.05) is 30.3 Å². The van der Waals surface area contributed by atoms with E-state index in [2.05, 4.69) is 0 Å². The molecule has 1 amide bonds. The molecule has 0 N–H and O–H groups in total. The first kappa shape index (κ1) is 19.2. The lowest BCUT2D eigenvalue weighted by Gasteiger charge is -2.34. The molecule has 0 radical (unpaired) electrons. The lowest BCUT2D eigenvalue weighted by atomic mass is 10.1. The SMILES string of the molecule is CC(C)(C)OC(=O)N(CC(=O)OCc1ccccc1)C1CCOCC1. The molecular weight excluding hydrogens is 322 g/mol. The molecule has 1 saturated heterocycles. The number of carbonyl (C=O) groups excluding carboxylic acids is 2. The van der Waals surface area contributed by atoms with Crippen molar-refractivity contribution in [3.63, 3.8) is 0 Å². The second-order valence-corrected chi connectivity index (χ2v) is 7.10. The van der Waals surface area contributed by atoms with Crippen LogP contribution < -0.4 is 0 Å². The first-order chi connectivity index (χ1) is 11.8. The molecular formula is C19H27NO5. The number of hydrogen-bond acceptors (Lipinski definition) is 5. The molecule has 0 atom stereocenters. The highest BCUT2D eigenvalue weighted by Crippen LogP contribution is 2.18. The third-order valence-corrected chi connectivity index (χ3v) is 3.80. The van der Waals surface area contributed by atoms with Gasteiger partial charge >= 0.3 is 12.1 Å². The number of nitrogens with zero attached hydrogens (tertiary/aromatic N) is 1. The molecule has 1 fully saturated rings.